The Kier molecular flexibility index (Phi) is 2.51. The number of nitrogen functional groups attached to an aromatic ring is 1. The van der Waals surface area contributed by atoms with Gasteiger partial charge in [0.15, 0.2) is 0 Å². The molecular formula is C9H12N2O2. The van der Waals surface area contributed by atoms with Gasteiger partial charge in [-0.1, -0.05) is 0 Å². The van der Waals surface area contributed by atoms with E-state index in [0.717, 1.165) is 11.1 Å². The van der Waals surface area contributed by atoms with E-state index in [1.807, 2.05) is 13.8 Å². The maximum absolute atomic E-state index is 11.2. The molecule has 0 aromatic carbocycles. The molecule has 0 saturated heterocycles. The SMILES string of the molecule is COC(=O)c1cnc(N)c(C)c1C. The molecule has 0 aliphatic heterocycles. The van der Waals surface area contributed by atoms with E-state index in [-0.39, 0.29) is 5.97 Å². The van der Waals surface area contributed by atoms with Crippen LogP contribution in [0, 0.1) is 13.8 Å². The molecule has 0 atom stereocenters. The van der Waals surface area contributed by atoms with Gasteiger partial charge < -0.3 is 10.5 Å². The zero-order valence-electron chi connectivity index (χ0n) is 7.92. The third kappa shape index (κ3) is 1.61. The van der Waals surface area contributed by atoms with Crippen LogP contribution in [-0.4, -0.2) is 18.1 Å². The second kappa shape index (κ2) is 3.43. The third-order valence-corrected chi connectivity index (χ3v) is 2.09. The molecule has 0 unspecified atom stereocenters. The van der Waals surface area contributed by atoms with E-state index in [9.17, 15) is 4.79 Å². The average molecular weight is 180 g/mol. The van der Waals surface area contributed by atoms with E-state index in [1.54, 1.807) is 0 Å². The highest BCUT2D eigenvalue weighted by Gasteiger charge is 2.12. The largest absolute Gasteiger partial charge is 0.465 e. The molecule has 13 heavy (non-hydrogen) atoms. The van der Waals surface area contributed by atoms with E-state index in [0.29, 0.717) is 11.4 Å². The first-order valence-electron chi connectivity index (χ1n) is 3.88. The van der Waals surface area contributed by atoms with Crippen molar-refractivity contribution in [3.63, 3.8) is 0 Å². The maximum atomic E-state index is 11.2. The number of ether oxygens (including phenoxy) is 1. The Morgan fingerprint density at radius 1 is 1.46 bits per heavy atom. The molecule has 4 heteroatoms. The predicted molar refractivity (Wildman–Crippen MR) is 49.5 cm³/mol. The summed E-state index contributed by atoms with van der Waals surface area (Å²) in [5, 5.41) is 0. The normalized spacial score (nSPS) is 9.77. The first kappa shape index (κ1) is 9.51. The molecule has 4 nitrogen and oxygen atoms in total. The van der Waals surface area contributed by atoms with Crippen molar-refractivity contribution in [2.45, 2.75) is 13.8 Å². The lowest BCUT2D eigenvalue weighted by Crippen LogP contribution is -2.08. The number of hydrogen-bond acceptors (Lipinski definition) is 4. The van der Waals surface area contributed by atoms with Crippen molar-refractivity contribution in [2.75, 3.05) is 12.8 Å². The van der Waals surface area contributed by atoms with Gasteiger partial charge in [-0.15, -0.1) is 0 Å². The molecule has 1 rings (SSSR count). The average Bonchev–Trinajstić information content (AvgIpc) is 2.13. The van der Waals surface area contributed by atoms with Gasteiger partial charge in [-0.3, -0.25) is 0 Å². The molecule has 1 aromatic heterocycles. The smallest absolute Gasteiger partial charge is 0.339 e. The number of nitrogens with two attached hydrogens (primary N) is 1. The summed E-state index contributed by atoms with van der Waals surface area (Å²) in [6, 6.07) is 0. The lowest BCUT2D eigenvalue weighted by Gasteiger charge is -2.07. The summed E-state index contributed by atoms with van der Waals surface area (Å²) in [5.74, 6) is 0.0678. The van der Waals surface area contributed by atoms with Gasteiger partial charge in [0.05, 0.1) is 12.7 Å². The second-order valence-electron chi connectivity index (χ2n) is 2.80. The van der Waals surface area contributed by atoms with Gasteiger partial charge in [0.2, 0.25) is 0 Å². The molecule has 0 aliphatic rings. The van der Waals surface area contributed by atoms with Gasteiger partial charge in [0.1, 0.15) is 5.82 Å². The monoisotopic (exact) mass is 180 g/mol. The number of pyridine rings is 1. The lowest BCUT2D eigenvalue weighted by atomic mass is 10.1. The Hall–Kier alpha value is -1.58. The second-order valence-corrected chi connectivity index (χ2v) is 2.80. The van der Waals surface area contributed by atoms with Gasteiger partial charge in [-0.05, 0) is 25.0 Å². The minimum atomic E-state index is -0.381. The minimum Gasteiger partial charge on any atom is -0.465 e. The number of rotatable bonds is 1. The Bertz CT molecular complexity index is 348. The summed E-state index contributed by atoms with van der Waals surface area (Å²) in [7, 11) is 1.34. The first-order chi connectivity index (χ1) is 6.07. The van der Waals surface area contributed by atoms with Gasteiger partial charge in [-0.25, -0.2) is 9.78 Å². The van der Waals surface area contributed by atoms with Crippen molar-refractivity contribution in [2.24, 2.45) is 0 Å². The number of methoxy groups -OCH3 is 1. The van der Waals surface area contributed by atoms with Crippen LogP contribution >= 0.6 is 0 Å². The quantitative estimate of drug-likeness (QED) is 0.656. The zero-order chi connectivity index (χ0) is 10.0. The molecule has 0 fully saturated rings. The van der Waals surface area contributed by atoms with Gasteiger partial charge in [0, 0.05) is 6.20 Å². The zero-order valence-corrected chi connectivity index (χ0v) is 7.92. The van der Waals surface area contributed by atoms with Crippen molar-refractivity contribution in [1.82, 2.24) is 4.98 Å². The highest BCUT2D eigenvalue weighted by molar-refractivity contribution is 5.91. The maximum Gasteiger partial charge on any atom is 0.339 e. The molecule has 0 radical (unpaired) electrons. The van der Waals surface area contributed by atoms with Gasteiger partial charge >= 0.3 is 5.97 Å². The van der Waals surface area contributed by atoms with Crippen LogP contribution in [0.15, 0.2) is 6.20 Å². The highest BCUT2D eigenvalue weighted by Crippen LogP contribution is 2.16. The Balaban J connectivity index is 3.26. The van der Waals surface area contributed by atoms with E-state index in [4.69, 9.17) is 5.73 Å². The van der Waals surface area contributed by atoms with Gasteiger partial charge in [0.25, 0.3) is 0 Å². The van der Waals surface area contributed by atoms with Crippen LogP contribution in [0.5, 0.6) is 0 Å². The fourth-order valence-electron chi connectivity index (χ4n) is 1.04. The van der Waals surface area contributed by atoms with Crippen LogP contribution < -0.4 is 5.73 Å². The number of nitrogens with zero attached hydrogens (tertiary/aromatic N) is 1. The number of hydrogen-bond donors (Lipinski definition) is 1. The van der Waals surface area contributed by atoms with Crippen LogP contribution in [-0.2, 0) is 4.74 Å². The summed E-state index contributed by atoms with van der Waals surface area (Å²) < 4.78 is 4.59. The van der Waals surface area contributed by atoms with Crippen LogP contribution in [0.3, 0.4) is 0 Å². The molecular weight excluding hydrogens is 168 g/mol. The number of carbonyl (C=O) groups is 1. The molecule has 0 aliphatic carbocycles. The number of esters is 1. The Morgan fingerprint density at radius 3 is 2.62 bits per heavy atom. The minimum absolute atomic E-state index is 0.381. The summed E-state index contributed by atoms with van der Waals surface area (Å²) in [4.78, 5) is 15.1. The highest BCUT2D eigenvalue weighted by atomic mass is 16.5. The molecule has 1 heterocycles. The van der Waals surface area contributed by atoms with E-state index >= 15 is 0 Å². The predicted octanol–water partition coefficient (Wildman–Crippen LogP) is 1.07. The molecule has 0 amide bonds. The summed E-state index contributed by atoms with van der Waals surface area (Å²) in [5.41, 5.74) is 7.68. The van der Waals surface area contributed by atoms with Crippen molar-refractivity contribution in [3.8, 4) is 0 Å². The van der Waals surface area contributed by atoms with Crippen LogP contribution in [0.1, 0.15) is 21.5 Å². The van der Waals surface area contributed by atoms with E-state index < -0.39 is 0 Å². The fraction of sp³-hybridized carbons (Fsp3) is 0.333. The molecule has 1 aromatic rings. The molecule has 0 spiro atoms. The fourth-order valence-corrected chi connectivity index (χ4v) is 1.04. The van der Waals surface area contributed by atoms with Crippen LogP contribution in [0.25, 0.3) is 0 Å². The topological polar surface area (TPSA) is 65.2 Å². The van der Waals surface area contributed by atoms with Crippen molar-refractivity contribution in [1.29, 1.82) is 0 Å². The van der Waals surface area contributed by atoms with Crippen molar-refractivity contribution in [3.05, 3.63) is 22.9 Å². The van der Waals surface area contributed by atoms with Crippen molar-refractivity contribution >= 4 is 11.8 Å². The van der Waals surface area contributed by atoms with E-state index in [2.05, 4.69) is 9.72 Å². The Labute approximate surface area is 76.7 Å². The number of aromatic nitrogens is 1. The Morgan fingerprint density at radius 2 is 2.08 bits per heavy atom. The van der Waals surface area contributed by atoms with E-state index in [1.165, 1.54) is 13.3 Å². The number of anilines is 1. The third-order valence-electron chi connectivity index (χ3n) is 2.09. The summed E-state index contributed by atoms with van der Waals surface area (Å²) >= 11 is 0. The number of carbonyl (C=O) groups excluding carboxylic acids is 1. The standard InChI is InChI=1S/C9H12N2O2/c1-5-6(2)8(10)11-4-7(5)9(12)13-3/h4H,1-3H3,(H2,10,11). The van der Waals surface area contributed by atoms with Crippen LogP contribution in [0.4, 0.5) is 5.82 Å². The van der Waals surface area contributed by atoms with Crippen LogP contribution in [0.2, 0.25) is 0 Å². The summed E-state index contributed by atoms with van der Waals surface area (Å²) in [6.07, 6.45) is 1.43. The molecule has 70 valence electrons. The molecule has 2 N–H and O–H groups in total. The molecule has 0 bridgehead atoms. The van der Waals surface area contributed by atoms with Gasteiger partial charge in [-0.2, -0.15) is 0 Å². The summed E-state index contributed by atoms with van der Waals surface area (Å²) in [6.45, 7) is 3.64. The van der Waals surface area contributed by atoms with Crippen molar-refractivity contribution < 1.29 is 9.53 Å². The lowest BCUT2D eigenvalue weighted by molar-refractivity contribution is 0.0599. The molecule has 0 saturated carbocycles. The first-order valence-corrected chi connectivity index (χ1v) is 3.88.